The molecule has 16 heavy (non-hydrogen) atoms. The third-order valence-corrected chi connectivity index (χ3v) is 3.39. The van der Waals surface area contributed by atoms with E-state index in [0.717, 1.165) is 5.56 Å². The lowest BCUT2D eigenvalue weighted by Crippen LogP contribution is -2.64. The van der Waals surface area contributed by atoms with E-state index in [2.05, 4.69) is 0 Å². The molecule has 0 radical (unpaired) electrons. The highest BCUT2D eigenvalue weighted by atomic mass is 16.3. The predicted octanol–water partition coefficient (Wildman–Crippen LogP) is 0.912. The summed E-state index contributed by atoms with van der Waals surface area (Å²) in [4.78, 5) is 13.7. The number of carbonyl (C=O) groups is 1. The number of carbonyl (C=O) groups excluding carboxylic acids is 1. The fourth-order valence-electron chi connectivity index (χ4n) is 2.59. The summed E-state index contributed by atoms with van der Waals surface area (Å²) >= 11 is 0. The normalized spacial score (nSPS) is 32.2. The van der Waals surface area contributed by atoms with E-state index in [4.69, 9.17) is 0 Å². The number of amides is 1. The molecule has 2 aliphatic heterocycles. The van der Waals surface area contributed by atoms with E-state index >= 15 is 0 Å². The summed E-state index contributed by atoms with van der Waals surface area (Å²) in [6, 6.07) is 9.62. The Labute approximate surface area is 94.0 Å². The van der Waals surface area contributed by atoms with Gasteiger partial charge in [0, 0.05) is 6.54 Å². The lowest BCUT2D eigenvalue weighted by Gasteiger charge is -2.50. The molecule has 1 aromatic rings. The molecule has 0 saturated carbocycles. The van der Waals surface area contributed by atoms with E-state index in [1.54, 1.807) is 11.0 Å². The first-order valence-electron chi connectivity index (χ1n) is 5.49. The molecule has 1 unspecified atom stereocenters. The molecule has 1 saturated heterocycles. The average molecular weight is 215 g/mol. The molecular weight excluding hydrogens is 202 g/mol. The van der Waals surface area contributed by atoms with Gasteiger partial charge in [-0.1, -0.05) is 42.5 Å². The van der Waals surface area contributed by atoms with Crippen molar-refractivity contribution in [1.29, 1.82) is 0 Å². The van der Waals surface area contributed by atoms with Crippen LogP contribution in [0.25, 0.3) is 0 Å². The van der Waals surface area contributed by atoms with Crippen molar-refractivity contribution in [2.45, 2.75) is 18.1 Å². The highest BCUT2D eigenvalue weighted by molar-refractivity contribution is 5.91. The number of fused-ring (bicyclic) bond motifs is 1. The minimum Gasteiger partial charge on any atom is -0.387 e. The quantitative estimate of drug-likeness (QED) is 0.559. The van der Waals surface area contributed by atoms with Crippen LogP contribution < -0.4 is 0 Å². The zero-order chi connectivity index (χ0) is 11.1. The van der Waals surface area contributed by atoms with Crippen molar-refractivity contribution >= 4 is 5.91 Å². The van der Waals surface area contributed by atoms with Gasteiger partial charge in [0.15, 0.2) is 0 Å². The molecular formula is C13H13NO2. The van der Waals surface area contributed by atoms with E-state index < -0.39 is 6.10 Å². The molecule has 3 rings (SSSR count). The molecule has 0 aliphatic carbocycles. The van der Waals surface area contributed by atoms with Gasteiger partial charge in [0.2, 0.25) is 5.91 Å². The van der Waals surface area contributed by atoms with E-state index in [9.17, 15) is 9.90 Å². The van der Waals surface area contributed by atoms with Gasteiger partial charge < -0.3 is 10.0 Å². The Morgan fingerprint density at radius 1 is 1.25 bits per heavy atom. The molecule has 0 spiro atoms. The largest absolute Gasteiger partial charge is 0.387 e. The number of rotatable bonds is 1. The SMILES string of the molecule is O=C1[C@H](c2ccccc2)[C@H]2C(O)C=CCN12. The lowest BCUT2D eigenvalue weighted by atomic mass is 9.77. The fraction of sp³-hybridized carbons (Fsp3) is 0.308. The van der Waals surface area contributed by atoms with Crippen LogP contribution in [0.2, 0.25) is 0 Å². The number of aliphatic hydroxyl groups excluding tert-OH is 1. The van der Waals surface area contributed by atoms with Crippen LogP contribution in [0.1, 0.15) is 11.5 Å². The van der Waals surface area contributed by atoms with Crippen LogP contribution >= 0.6 is 0 Å². The molecule has 3 nitrogen and oxygen atoms in total. The molecule has 82 valence electrons. The van der Waals surface area contributed by atoms with E-state index in [1.807, 2.05) is 36.4 Å². The number of hydrogen-bond acceptors (Lipinski definition) is 2. The Morgan fingerprint density at radius 2 is 2.00 bits per heavy atom. The monoisotopic (exact) mass is 215 g/mol. The Balaban J connectivity index is 1.93. The van der Waals surface area contributed by atoms with Crippen LogP contribution in [0.5, 0.6) is 0 Å². The Hall–Kier alpha value is -1.61. The summed E-state index contributed by atoms with van der Waals surface area (Å²) in [5, 5.41) is 9.87. The molecule has 1 N–H and O–H groups in total. The average Bonchev–Trinajstić information content (AvgIpc) is 2.31. The van der Waals surface area contributed by atoms with Gasteiger partial charge in [0.1, 0.15) is 0 Å². The second kappa shape index (κ2) is 3.46. The van der Waals surface area contributed by atoms with Gasteiger partial charge in [-0.3, -0.25) is 4.79 Å². The van der Waals surface area contributed by atoms with Gasteiger partial charge in [-0.15, -0.1) is 0 Å². The third-order valence-electron chi connectivity index (χ3n) is 3.39. The van der Waals surface area contributed by atoms with Gasteiger partial charge in [0.25, 0.3) is 0 Å². The topological polar surface area (TPSA) is 40.5 Å². The van der Waals surface area contributed by atoms with Gasteiger partial charge in [0.05, 0.1) is 18.1 Å². The standard InChI is InChI=1S/C13H13NO2/c15-10-7-4-8-14-12(10)11(13(14)16)9-5-2-1-3-6-9/h1-7,10-12,15H,8H2/t10?,11-,12-/m1/s1. The van der Waals surface area contributed by atoms with Gasteiger partial charge in [-0.05, 0) is 5.56 Å². The maximum atomic E-state index is 11.9. The highest BCUT2D eigenvalue weighted by Crippen LogP contribution is 2.39. The van der Waals surface area contributed by atoms with E-state index in [-0.39, 0.29) is 17.9 Å². The fourth-order valence-corrected chi connectivity index (χ4v) is 2.59. The summed E-state index contributed by atoms with van der Waals surface area (Å²) in [5.74, 6) is -0.0410. The minimum atomic E-state index is -0.531. The number of benzene rings is 1. The smallest absolute Gasteiger partial charge is 0.232 e. The first-order chi connectivity index (χ1) is 7.79. The van der Waals surface area contributed by atoms with Crippen molar-refractivity contribution in [1.82, 2.24) is 4.90 Å². The van der Waals surface area contributed by atoms with Crippen molar-refractivity contribution in [2.75, 3.05) is 6.54 Å². The van der Waals surface area contributed by atoms with Crippen LogP contribution in [0.3, 0.4) is 0 Å². The van der Waals surface area contributed by atoms with Crippen LogP contribution in [-0.4, -0.2) is 34.6 Å². The molecule has 0 aromatic heterocycles. The van der Waals surface area contributed by atoms with Gasteiger partial charge in [-0.25, -0.2) is 0 Å². The minimum absolute atomic E-state index is 0.0695. The lowest BCUT2D eigenvalue weighted by molar-refractivity contribution is -0.154. The number of nitrogens with zero attached hydrogens (tertiary/aromatic N) is 1. The molecule has 1 amide bonds. The maximum absolute atomic E-state index is 11.9. The van der Waals surface area contributed by atoms with Crippen molar-refractivity contribution < 1.29 is 9.90 Å². The summed E-state index contributed by atoms with van der Waals surface area (Å²) in [6.07, 6.45) is 3.10. The van der Waals surface area contributed by atoms with Crippen molar-refractivity contribution in [3.8, 4) is 0 Å². The molecule has 3 atom stereocenters. The second-order valence-electron chi connectivity index (χ2n) is 4.29. The number of hydrogen-bond donors (Lipinski definition) is 1. The number of aliphatic hydroxyl groups is 1. The molecule has 0 bridgehead atoms. The summed E-state index contributed by atoms with van der Waals surface area (Å²) in [5.41, 5.74) is 1.00. The van der Waals surface area contributed by atoms with Crippen molar-refractivity contribution in [3.05, 3.63) is 48.0 Å². The molecule has 2 aliphatic rings. The van der Waals surface area contributed by atoms with E-state index in [1.165, 1.54) is 0 Å². The van der Waals surface area contributed by atoms with Crippen LogP contribution in [0, 0.1) is 0 Å². The van der Waals surface area contributed by atoms with Crippen LogP contribution in [0.15, 0.2) is 42.5 Å². The van der Waals surface area contributed by atoms with Gasteiger partial charge in [-0.2, -0.15) is 0 Å². The van der Waals surface area contributed by atoms with Crippen LogP contribution in [0.4, 0.5) is 0 Å². The van der Waals surface area contributed by atoms with Crippen molar-refractivity contribution in [3.63, 3.8) is 0 Å². The highest BCUT2D eigenvalue weighted by Gasteiger charge is 2.51. The second-order valence-corrected chi connectivity index (χ2v) is 4.29. The summed E-state index contributed by atoms with van der Waals surface area (Å²) in [7, 11) is 0. The van der Waals surface area contributed by atoms with Crippen LogP contribution in [-0.2, 0) is 4.79 Å². The number of β-lactam (4-membered cyclic amide) rings is 1. The Morgan fingerprint density at radius 3 is 2.75 bits per heavy atom. The Bertz CT molecular complexity index is 441. The third kappa shape index (κ3) is 1.21. The molecule has 3 heteroatoms. The predicted molar refractivity (Wildman–Crippen MR) is 59.8 cm³/mol. The van der Waals surface area contributed by atoms with E-state index in [0.29, 0.717) is 6.54 Å². The maximum Gasteiger partial charge on any atom is 0.232 e. The first kappa shape index (κ1) is 9.60. The van der Waals surface area contributed by atoms with Gasteiger partial charge >= 0.3 is 0 Å². The molecule has 1 fully saturated rings. The summed E-state index contributed by atoms with van der Waals surface area (Å²) < 4.78 is 0. The first-order valence-corrected chi connectivity index (χ1v) is 5.49. The molecule has 1 aromatic carbocycles. The summed E-state index contributed by atoms with van der Waals surface area (Å²) in [6.45, 7) is 0.629. The molecule has 2 heterocycles. The van der Waals surface area contributed by atoms with Crippen molar-refractivity contribution in [2.24, 2.45) is 0 Å². The Kier molecular flexibility index (Phi) is 2.07. The zero-order valence-corrected chi connectivity index (χ0v) is 8.78. The zero-order valence-electron chi connectivity index (χ0n) is 8.78.